The molecule has 3 nitrogen and oxygen atoms in total. The lowest BCUT2D eigenvalue weighted by molar-refractivity contribution is 0.0915. The van der Waals surface area contributed by atoms with Crippen molar-refractivity contribution in [2.45, 2.75) is 63.7 Å². The van der Waals surface area contributed by atoms with Gasteiger partial charge in [-0.2, -0.15) is 5.26 Å². The summed E-state index contributed by atoms with van der Waals surface area (Å²) in [4.78, 5) is 5.17. The smallest absolute Gasteiger partial charge is 0.102 e. The highest BCUT2D eigenvalue weighted by Crippen LogP contribution is 2.45. The SMILES string of the molecule is CCOCC1(c2nc3c(c(-c4ccccc4)c2C#N)CCCC3)CCCC1. The summed E-state index contributed by atoms with van der Waals surface area (Å²) in [5, 5.41) is 10.2. The van der Waals surface area contributed by atoms with E-state index in [-0.39, 0.29) is 5.41 Å². The molecule has 2 aliphatic carbocycles. The number of pyridine rings is 1. The first-order valence-corrected chi connectivity index (χ1v) is 10.4. The van der Waals surface area contributed by atoms with Crippen LogP contribution in [0.4, 0.5) is 0 Å². The fraction of sp³-hybridized carbons (Fsp3) is 0.500. The van der Waals surface area contributed by atoms with Gasteiger partial charge in [0.25, 0.3) is 0 Å². The first-order chi connectivity index (χ1) is 13.3. The Hall–Kier alpha value is -2.18. The predicted octanol–water partition coefficient (Wildman–Crippen LogP) is 5.35. The molecule has 0 saturated heterocycles. The van der Waals surface area contributed by atoms with Gasteiger partial charge in [0.15, 0.2) is 0 Å². The van der Waals surface area contributed by atoms with Crippen molar-refractivity contribution < 1.29 is 4.74 Å². The van der Waals surface area contributed by atoms with E-state index in [1.54, 1.807) is 0 Å². The van der Waals surface area contributed by atoms with E-state index < -0.39 is 0 Å². The largest absolute Gasteiger partial charge is 0.381 e. The van der Waals surface area contributed by atoms with Crippen LogP contribution in [0.1, 0.15) is 68.0 Å². The molecule has 1 aromatic carbocycles. The Morgan fingerprint density at radius 3 is 2.52 bits per heavy atom. The van der Waals surface area contributed by atoms with Crippen LogP contribution in [0, 0.1) is 11.3 Å². The number of ether oxygens (including phenoxy) is 1. The Morgan fingerprint density at radius 1 is 1.07 bits per heavy atom. The maximum atomic E-state index is 10.2. The van der Waals surface area contributed by atoms with Gasteiger partial charge in [0.1, 0.15) is 6.07 Å². The third kappa shape index (κ3) is 3.28. The summed E-state index contributed by atoms with van der Waals surface area (Å²) in [5.41, 5.74) is 6.52. The second-order valence-electron chi connectivity index (χ2n) is 7.95. The van der Waals surface area contributed by atoms with Gasteiger partial charge >= 0.3 is 0 Å². The van der Waals surface area contributed by atoms with Crippen LogP contribution >= 0.6 is 0 Å². The number of aromatic nitrogens is 1. The van der Waals surface area contributed by atoms with E-state index in [9.17, 15) is 5.26 Å². The molecule has 2 aromatic rings. The van der Waals surface area contributed by atoms with Crippen LogP contribution in [0.3, 0.4) is 0 Å². The molecule has 27 heavy (non-hydrogen) atoms. The van der Waals surface area contributed by atoms with Gasteiger partial charge in [0.2, 0.25) is 0 Å². The Bertz CT molecular complexity index is 845. The molecule has 0 spiro atoms. The van der Waals surface area contributed by atoms with Crippen molar-refractivity contribution in [1.29, 1.82) is 5.26 Å². The third-order valence-electron chi connectivity index (χ3n) is 6.29. The van der Waals surface area contributed by atoms with Gasteiger partial charge in [0.05, 0.1) is 17.9 Å². The molecule has 1 aromatic heterocycles. The highest BCUT2D eigenvalue weighted by molar-refractivity contribution is 5.76. The Labute approximate surface area is 162 Å². The van der Waals surface area contributed by atoms with E-state index >= 15 is 0 Å². The molecule has 0 N–H and O–H groups in total. The molecule has 0 bridgehead atoms. The number of hydrogen-bond acceptors (Lipinski definition) is 3. The summed E-state index contributed by atoms with van der Waals surface area (Å²) >= 11 is 0. The lowest BCUT2D eigenvalue weighted by atomic mass is 9.77. The van der Waals surface area contributed by atoms with Gasteiger partial charge in [-0.3, -0.25) is 4.98 Å². The monoisotopic (exact) mass is 360 g/mol. The summed E-state index contributed by atoms with van der Waals surface area (Å²) < 4.78 is 5.91. The van der Waals surface area contributed by atoms with Gasteiger partial charge < -0.3 is 4.74 Å². The van der Waals surface area contributed by atoms with Crippen LogP contribution in [0.2, 0.25) is 0 Å². The Balaban J connectivity index is 1.96. The molecule has 0 radical (unpaired) electrons. The van der Waals surface area contributed by atoms with Gasteiger partial charge in [-0.15, -0.1) is 0 Å². The average Bonchev–Trinajstić information content (AvgIpc) is 3.21. The summed E-state index contributed by atoms with van der Waals surface area (Å²) in [6.07, 6.45) is 8.96. The first-order valence-electron chi connectivity index (χ1n) is 10.4. The van der Waals surface area contributed by atoms with E-state index in [0.717, 1.165) is 48.1 Å². The Kier molecular flexibility index (Phi) is 5.27. The number of fused-ring (bicyclic) bond motifs is 1. The lowest BCUT2D eigenvalue weighted by Gasteiger charge is -2.32. The summed E-state index contributed by atoms with van der Waals surface area (Å²) in [7, 11) is 0. The van der Waals surface area contributed by atoms with Crippen LogP contribution in [0.5, 0.6) is 0 Å². The van der Waals surface area contributed by atoms with Crippen LogP contribution in [0.25, 0.3) is 11.1 Å². The molecule has 1 fully saturated rings. The van der Waals surface area contributed by atoms with Crippen molar-refractivity contribution in [3.63, 3.8) is 0 Å². The van der Waals surface area contributed by atoms with Crippen LogP contribution in [-0.4, -0.2) is 18.2 Å². The average molecular weight is 361 g/mol. The summed E-state index contributed by atoms with van der Waals surface area (Å²) in [6.45, 7) is 3.43. The van der Waals surface area contributed by atoms with Crippen molar-refractivity contribution in [2.75, 3.05) is 13.2 Å². The zero-order valence-corrected chi connectivity index (χ0v) is 16.3. The molecule has 0 unspecified atom stereocenters. The number of nitrogens with zero attached hydrogens (tertiary/aromatic N) is 2. The minimum Gasteiger partial charge on any atom is -0.381 e. The van der Waals surface area contributed by atoms with Crippen LogP contribution in [0.15, 0.2) is 30.3 Å². The number of hydrogen-bond donors (Lipinski definition) is 0. The van der Waals surface area contributed by atoms with Gasteiger partial charge in [-0.05, 0) is 56.6 Å². The highest BCUT2D eigenvalue weighted by atomic mass is 16.5. The van der Waals surface area contributed by atoms with E-state index in [0.29, 0.717) is 13.2 Å². The number of aryl methyl sites for hydroxylation is 1. The van der Waals surface area contributed by atoms with Crippen molar-refractivity contribution in [3.8, 4) is 17.2 Å². The minimum absolute atomic E-state index is 0.100. The van der Waals surface area contributed by atoms with E-state index in [2.05, 4.69) is 30.3 Å². The molecule has 3 heteroatoms. The van der Waals surface area contributed by atoms with Crippen LogP contribution < -0.4 is 0 Å². The van der Waals surface area contributed by atoms with E-state index in [4.69, 9.17) is 9.72 Å². The van der Waals surface area contributed by atoms with Gasteiger partial charge in [0, 0.05) is 23.3 Å². The maximum absolute atomic E-state index is 10.2. The van der Waals surface area contributed by atoms with E-state index in [1.807, 2.05) is 13.0 Å². The topological polar surface area (TPSA) is 45.9 Å². The normalized spacial score (nSPS) is 18.1. The van der Waals surface area contributed by atoms with E-state index in [1.165, 1.54) is 36.9 Å². The second kappa shape index (κ2) is 7.82. The highest BCUT2D eigenvalue weighted by Gasteiger charge is 2.41. The number of nitriles is 1. The zero-order valence-electron chi connectivity index (χ0n) is 16.3. The second-order valence-corrected chi connectivity index (χ2v) is 7.95. The van der Waals surface area contributed by atoms with Crippen molar-refractivity contribution in [2.24, 2.45) is 0 Å². The molecule has 0 atom stereocenters. The molecule has 1 saturated carbocycles. The minimum atomic E-state index is -0.100. The van der Waals surface area contributed by atoms with Gasteiger partial charge in [-0.25, -0.2) is 0 Å². The molecule has 140 valence electrons. The quantitative estimate of drug-likeness (QED) is 0.722. The van der Waals surface area contributed by atoms with Crippen molar-refractivity contribution >= 4 is 0 Å². The number of benzene rings is 1. The predicted molar refractivity (Wildman–Crippen MR) is 108 cm³/mol. The van der Waals surface area contributed by atoms with Crippen LogP contribution in [-0.2, 0) is 23.0 Å². The van der Waals surface area contributed by atoms with Crippen molar-refractivity contribution in [1.82, 2.24) is 4.98 Å². The molecule has 0 amide bonds. The maximum Gasteiger partial charge on any atom is 0.102 e. The van der Waals surface area contributed by atoms with Gasteiger partial charge in [-0.1, -0.05) is 43.2 Å². The van der Waals surface area contributed by atoms with Crippen molar-refractivity contribution in [3.05, 3.63) is 52.8 Å². The molecular weight excluding hydrogens is 332 g/mol. The molecule has 4 rings (SSSR count). The molecule has 1 heterocycles. The number of rotatable bonds is 5. The fourth-order valence-electron chi connectivity index (χ4n) is 4.96. The first kappa shape index (κ1) is 18.2. The third-order valence-corrected chi connectivity index (χ3v) is 6.29. The standard InChI is InChI=1S/C24H28N2O/c1-2-27-17-24(14-8-9-15-24)23-20(16-25)22(18-10-4-3-5-11-18)19-12-6-7-13-21(19)26-23/h3-5,10-11H,2,6-9,12-15,17H2,1H3. The lowest BCUT2D eigenvalue weighted by Crippen LogP contribution is -2.32. The molecular formula is C24H28N2O. The molecule has 0 aliphatic heterocycles. The fourth-order valence-corrected chi connectivity index (χ4v) is 4.96. The molecule has 2 aliphatic rings. The Morgan fingerprint density at radius 2 is 1.81 bits per heavy atom. The summed E-state index contributed by atoms with van der Waals surface area (Å²) in [5.74, 6) is 0. The zero-order chi connectivity index (χ0) is 18.7. The summed E-state index contributed by atoms with van der Waals surface area (Å²) in [6, 6.07) is 13.0.